The van der Waals surface area contributed by atoms with Gasteiger partial charge in [-0.2, -0.15) is 0 Å². The maximum Gasteiger partial charge on any atom is 0.231 e. The van der Waals surface area contributed by atoms with Crippen molar-refractivity contribution in [2.45, 2.75) is 13.1 Å². The Morgan fingerprint density at radius 3 is 2.48 bits per heavy atom. The normalized spacial score (nSPS) is 22.0. The number of quaternary nitrogens is 2. The molecule has 6 nitrogen and oxygen atoms in total. The van der Waals surface area contributed by atoms with Crippen LogP contribution in [0.5, 0.6) is 17.2 Å². The number of rotatable bonds is 5. The summed E-state index contributed by atoms with van der Waals surface area (Å²) in [7, 11) is 1.68. The van der Waals surface area contributed by atoms with Gasteiger partial charge in [0, 0.05) is 23.5 Å². The van der Waals surface area contributed by atoms with E-state index in [1.54, 1.807) is 16.9 Å². The fourth-order valence-corrected chi connectivity index (χ4v) is 3.68. The molecule has 1 aromatic heterocycles. The number of methoxy groups -OCH3 is 1. The van der Waals surface area contributed by atoms with E-state index in [2.05, 4.69) is 23.2 Å². The van der Waals surface area contributed by atoms with Gasteiger partial charge in [0.15, 0.2) is 11.5 Å². The minimum absolute atomic E-state index is 0.276. The summed E-state index contributed by atoms with van der Waals surface area (Å²) in [4.78, 5) is 7.46. The van der Waals surface area contributed by atoms with E-state index >= 15 is 0 Å². The zero-order valence-corrected chi connectivity index (χ0v) is 14.6. The number of nitrogens with zero attached hydrogens (tertiary/aromatic N) is 1. The first kappa shape index (κ1) is 16.2. The van der Waals surface area contributed by atoms with Crippen LogP contribution in [0.2, 0.25) is 0 Å². The minimum Gasteiger partial charge on any atom is -0.493 e. The number of nitrogens with one attached hydrogen (secondary N) is 2. The molecule has 0 bridgehead atoms. The van der Waals surface area contributed by atoms with Gasteiger partial charge >= 0.3 is 0 Å². The van der Waals surface area contributed by atoms with E-state index in [0.717, 1.165) is 30.3 Å². The van der Waals surface area contributed by atoms with E-state index in [-0.39, 0.29) is 6.79 Å². The van der Waals surface area contributed by atoms with Gasteiger partial charge in [-0.25, -0.2) is 0 Å². The molecule has 2 aliphatic heterocycles. The van der Waals surface area contributed by atoms with Crippen molar-refractivity contribution in [2.24, 2.45) is 0 Å². The van der Waals surface area contributed by atoms with Crippen molar-refractivity contribution in [2.75, 3.05) is 40.1 Å². The van der Waals surface area contributed by atoms with Gasteiger partial charge in [-0.15, -0.1) is 0 Å². The van der Waals surface area contributed by atoms with Crippen molar-refractivity contribution in [3.63, 3.8) is 0 Å². The number of hydrogen-bond donors (Lipinski definition) is 2. The number of ether oxygens (including phenoxy) is 3. The highest BCUT2D eigenvalue weighted by molar-refractivity contribution is 5.54. The van der Waals surface area contributed by atoms with E-state index < -0.39 is 0 Å². The summed E-state index contributed by atoms with van der Waals surface area (Å²) in [5.41, 5.74) is 2.56. The predicted molar refractivity (Wildman–Crippen MR) is 92.2 cm³/mol. The van der Waals surface area contributed by atoms with E-state index in [1.165, 1.54) is 37.3 Å². The van der Waals surface area contributed by atoms with Crippen molar-refractivity contribution in [3.8, 4) is 17.2 Å². The first-order chi connectivity index (χ1) is 12.3. The molecule has 0 saturated carbocycles. The summed E-state index contributed by atoms with van der Waals surface area (Å²) < 4.78 is 16.5. The lowest BCUT2D eigenvalue weighted by atomic mass is 10.1. The van der Waals surface area contributed by atoms with Crippen LogP contribution in [-0.2, 0) is 13.1 Å². The van der Waals surface area contributed by atoms with Crippen LogP contribution in [0, 0.1) is 0 Å². The third-order valence-corrected chi connectivity index (χ3v) is 5.01. The summed E-state index contributed by atoms with van der Waals surface area (Å²) in [6, 6.07) is 8.35. The van der Waals surface area contributed by atoms with Crippen molar-refractivity contribution < 1.29 is 24.0 Å². The standard InChI is InChI=1S/C19H23N3O3/c1-23-17-9-16(10-18-19(17)25-14-24-18)13-22-7-5-21(6-8-22)12-15-3-2-4-20-11-15/h2-4,9-11H,5-8,12-14H2,1H3/p+2. The maximum atomic E-state index is 5.53. The molecule has 0 atom stereocenters. The van der Waals surface area contributed by atoms with E-state index in [1.807, 2.05) is 18.5 Å². The molecule has 0 unspecified atom stereocenters. The number of benzene rings is 1. The highest BCUT2D eigenvalue weighted by Crippen LogP contribution is 2.41. The summed E-state index contributed by atoms with van der Waals surface area (Å²) in [6.45, 7) is 7.06. The first-order valence-corrected chi connectivity index (χ1v) is 8.84. The summed E-state index contributed by atoms with van der Waals surface area (Å²) in [6.07, 6.45) is 3.81. The molecule has 25 heavy (non-hydrogen) atoms. The Kier molecular flexibility index (Phi) is 4.72. The Morgan fingerprint density at radius 2 is 1.80 bits per heavy atom. The average Bonchev–Trinajstić information content (AvgIpc) is 3.12. The summed E-state index contributed by atoms with van der Waals surface area (Å²) in [5, 5.41) is 0. The van der Waals surface area contributed by atoms with Gasteiger partial charge in [-0.05, 0) is 18.2 Å². The smallest absolute Gasteiger partial charge is 0.231 e. The lowest BCUT2D eigenvalue weighted by molar-refractivity contribution is -1.02. The third-order valence-electron chi connectivity index (χ3n) is 5.01. The molecular formula is C19H25N3O3+2. The monoisotopic (exact) mass is 343 g/mol. The highest BCUT2D eigenvalue weighted by atomic mass is 16.7. The SMILES string of the molecule is COc1cc(C[NH+]2CC[NH+](Cc3cccnc3)CC2)cc2c1OCO2. The number of hydrogen-bond acceptors (Lipinski definition) is 4. The predicted octanol–water partition coefficient (Wildman–Crippen LogP) is -0.697. The highest BCUT2D eigenvalue weighted by Gasteiger charge is 2.25. The Balaban J connectivity index is 1.34. The van der Waals surface area contributed by atoms with Gasteiger partial charge < -0.3 is 24.0 Å². The quantitative estimate of drug-likeness (QED) is 0.754. The van der Waals surface area contributed by atoms with Crippen molar-refractivity contribution >= 4 is 0 Å². The van der Waals surface area contributed by atoms with Gasteiger partial charge in [0.25, 0.3) is 0 Å². The average molecular weight is 343 g/mol. The second-order valence-corrected chi connectivity index (χ2v) is 6.75. The second kappa shape index (κ2) is 7.29. The van der Waals surface area contributed by atoms with Crippen LogP contribution in [0.3, 0.4) is 0 Å². The van der Waals surface area contributed by atoms with Crippen molar-refractivity contribution in [1.82, 2.24) is 4.98 Å². The van der Waals surface area contributed by atoms with Gasteiger partial charge in [-0.3, -0.25) is 4.98 Å². The molecule has 0 radical (unpaired) electrons. The molecule has 6 heteroatoms. The fourth-order valence-electron chi connectivity index (χ4n) is 3.68. The lowest BCUT2D eigenvalue weighted by Crippen LogP contribution is -3.27. The molecular weight excluding hydrogens is 318 g/mol. The molecule has 2 N–H and O–H groups in total. The van der Waals surface area contributed by atoms with Crippen LogP contribution in [-0.4, -0.2) is 45.1 Å². The zero-order chi connectivity index (χ0) is 17.1. The Hall–Kier alpha value is -2.31. The van der Waals surface area contributed by atoms with Crippen LogP contribution in [0.25, 0.3) is 0 Å². The van der Waals surface area contributed by atoms with E-state index in [9.17, 15) is 0 Å². The molecule has 0 amide bonds. The minimum atomic E-state index is 0.276. The number of piperazine rings is 1. The number of fused-ring (bicyclic) bond motifs is 1. The first-order valence-electron chi connectivity index (χ1n) is 8.84. The molecule has 2 aromatic rings. The molecule has 4 rings (SSSR count). The molecule has 2 aliphatic rings. The van der Waals surface area contributed by atoms with Gasteiger partial charge in [0.1, 0.15) is 39.3 Å². The Morgan fingerprint density at radius 1 is 1.04 bits per heavy atom. The fraction of sp³-hybridized carbons (Fsp3) is 0.421. The molecule has 1 saturated heterocycles. The van der Waals surface area contributed by atoms with Crippen molar-refractivity contribution in [3.05, 3.63) is 47.8 Å². The topological polar surface area (TPSA) is 49.5 Å². The number of pyridine rings is 1. The van der Waals surface area contributed by atoms with Crippen LogP contribution in [0.15, 0.2) is 36.7 Å². The maximum absolute atomic E-state index is 5.53. The van der Waals surface area contributed by atoms with E-state index in [0.29, 0.717) is 0 Å². The summed E-state index contributed by atoms with van der Waals surface area (Å²) >= 11 is 0. The molecule has 3 heterocycles. The van der Waals surface area contributed by atoms with E-state index in [4.69, 9.17) is 14.2 Å². The molecule has 0 spiro atoms. The lowest BCUT2D eigenvalue weighted by Gasteiger charge is -2.29. The molecule has 132 valence electrons. The Labute approximate surface area is 147 Å². The summed E-state index contributed by atoms with van der Waals surface area (Å²) in [5.74, 6) is 2.30. The van der Waals surface area contributed by atoms with Gasteiger partial charge in [-0.1, -0.05) is 6.07 Å². The van der Waals surface area contributed by atoms with Crippen LogP contribution >= 0.6 is 0 Å². The van der Waals surface area contributed by atoms with Gasteiger partial charge in [0.05, 0.1) is 7.11 Å². The molecule has 0 aliphatic carbocycles. The largest absolute Gasteiger partial charge is 0.493 e. The van der Waals surface area contributed by atoms with Crippen LogP contribution < -0.4 is 24.0 Å². The molecule has 1 aromatic carbocycles. The second-order valence-electron chi connectivity index (χ2n) is 6.75. The Bertz CT molecular complexity index is 715. The zero-order valence-electron chi connectivity index (χ0n) is 14.6. The van der Waals surface area contributed by atoms with Crippen LogP contribution in [0.4, 0.5) is 0 Å². The van der Waals surface area contributed by atoms with Gasteiger partial charge in [0.2, 0.25) is 12.5 Å². The van der Waals surface area contributed by atoms with Crippen LogP contribution in [0.1, 0.15) is 11.1 Å². The number of aromatic nitrogens is 1. The molecule has 1 fully saturated rings. The third kappa shape index (κ3) is 3.70. The van der Waals surface area contributed by atoms with Crippen molar-refractivity contribution in [1.29, 1.82) is 0 Å².